The van der Waals surface area contributed by atoms with Crippen LogP contribution in [0.25, 0.3) is 33.7 Å². The molecule has 1 atom stereocenters. The third-order valence-corrected chi connectivity index (χ3v) is 8.51. The Bertz CT molecular complexity index is 1720. The van der Waals surface area contributed by atoms with Gasteiger partial charge >= 0.3 is 11.9 Å². The van der Waals surface area contributed by atoms with Crippen molar-refractivity contribution >= 4 is 45.7 Å². The van der Waals surface area contributed by atoms with Crippen LogP contribution in [0, 0.1) is 13.8 Å². The molecule has 2 aliphatic rings. The van der Waals surface area contributed by atoms with Crippen molar-refractivity contribution in [1.82, 2.24) is 19.9 Å². The van der Waals surface area contributed by atoms with Crippen LogP contribution in [0.4, 0.5) is 0 Å². The van der Waals surface area contributed by atoms with E-state index in [4.69, 9.17) is 19.4 Å². The van der Waals surface area contributed by atoms with Gasteiger partial charge in [0.1, 0.15) is 0 Å². The lowest BCUT2D eigenvalue weighted by molar-refractivity contribution is -0.141. The summed E-state index contributed by atoms with van der Waals surface area (Å²) in [6.45, 7) is 10.6. The van der Waals surface area contributed by atoms with Crippen LogP contribution >= 0.6 is 0 Å². The smallest absolute Gasteiger partial charge is 0.305 e. The van der Waals surface area contributed by atoms with Crippen molar-refractivity contribution in [2.24, 2.45) is 0 Å². The zero-order valence-electron chi connectivity index (χ0n) is 24.9. The Kier molecular flexibility index (Phi) is 7.60. The molecule has 5 heterocycles. The van der Waals surface area contributed by atoms with E-state index in [1.807, 2.05) is 0 Å². The van der Waals surface area contributed by atoms with Crippen molar-refractivity contribution in [2.45, 2.75) is 71.6 Å². The second-order valence-electron chi connectivity index (χ2n) is 11.6. The number of fused-ring (bicyclic) bond motifs is 8. The van der Waals surface area contributed by atoms with Crippen LogP contribution in [0.2, 0.25) is 0 Å². The van der Waals surface area contributed by atoms with E-state index in [0.29, 0.717) is 19.3 Å². The van der Waals surface area contributed by atoms with E-state index >= 15 is 0 Å². The molecule has 8 heteroatoms. The lowest BCUT2D eigenvalue weighted by Gasteiger charge is -2.27. The van der Waals surface area contributed by atoms with Gasteiger partial charge in [0, 0.05) is 57.6 Å². The van der Waals surface area contributed by atoms with Crippen LogP contribution < -0.4 is 0 Å². The van der Waals surface area contributed by atoms with Crippen LogP contribution in [0.15, 0.2) is 30.3 Å². The number of hydrogen-bond donors (Lipinski definition) is 2. The summed E-state index contributed by atoms with van der Waals surface area (Å²) < 4.78 is 9.90. The highest BCUT2D eigenvalue weighted by Crippen LogP contribution is 2.45. The van der Waals surface area contributed by atoms with E-state index in [9.17, 15) is 9.59 Å². The quantitative estimate of drug-likeness (QED) is 0.332. The molecule has 2 N–H and O–H groups in total. The number of hydrogen-bond acceptors (Lipinski definition) is 6. The third kappa shape index (κ3) is 5.56. The third-order valence-electron chi connectivity index (χ3n) is 8.51. The average Bonchev–Trinajstić information content (AvgIpc) is 3.60. The molecule has 0 spiro atoms. The van der Waals surface area contributed by atoms with Gasteiger partial charge in [0.2, 0.25) is 0 Å². The van der Waals surface area contributed by atoms with Crippen LogP contribution in [0.3, 0.4) is 0 Å². The Morgan fingerprint density at radius 3 is 2.34 bits per heavy atom. The molecule has 0 saturated heterocycles. The molecule has 214 valence electrons. The molecule has 8 bridgehead atoms. The first kappa shape index (κ1) is 28.3. The predicted octanol–water partition coefficient (Wildman–Crippen LogP) is 6.61. The molecule has 8 nitrogen and oxygen atoms in total. The van der Waals surface area contributed by atoms with Crippen molar-refractivity contribution < 1.29 is 19.1 Å². The van der Waals surface area contributed by atoms with Gasteiger partial charge in [0.05, 0.1) is 25.6 Å². The molecule has 0 amide bonds. The summed E-state index contributed by atoms with van der Waals surface area (Å²) in [6.07, 6.45) is 3.79. The number of aromatic amines is 2. The molecule has 0 aromatic carbocycles. The number of nitrogens with one attached hydrogen (secondary N) is 2. The van der Waals surface area contributed by atoms with Crippen molar-refractivity contribution in [3.05, 3.63) is 69.8 Å². The van der Waals surface area contributed by atoms with Crippen LogP contribution in [0.5, 0.6) is 0 Å². The zero-order chi connectivity index (χ0) is 29.5. The maximum atomic E-state index is 12.2. The van der Waals surface area contributed by atoms with E-state index in [-0.39, 0.29) is 29.7 Å². The van der Waals surface area contributed by atoms with Crippen LogP contribution in [0.1, 0.15) is 85.4 Å². The number of nitrogens with zero attached hydrogens (tertiary/aromatic N) is 2. The fourth-order valence-corrected chi connectivity index (χ4v) is 5.92. The maximum Gasteiger partial charge on any atom is 0.305 e. The highest BCUT2D eigenvalue weighted by Gasteiger charge is 2.39. The monoisotopic (exact) mass is 554 g/mol. The van der Waals surface area contributed by atoms with E-state index in [1.165, 1.54) is 14.2 Å². The molecule has 1 unspecified atom stereocenters. The minimum Gasteiger partial charge on any atom is -0.469 e. The number of methoxy groups -OCH3 is 2. The maximum absolute atomic E-state index is 12.2. The molecule has 2 aliphatic heterocycles. The lowest BCUT2D eigenvalue weighted by atomic mass is 9.74. The van der Waals surface area contributed by atoms with Gasteiger partial charge in [-0.15, -0.1) is 0 Å². The molecule has 3 aromatic heterocycles. The first-order valence-electron chi connectivity index (χ1n) is 14.0. The fourth-order valence-electron chi connectivity index (χ4n) is 5.92. The van der Waals surface area contributed by atoms with E-state index in [2.05, 4.69) is 81.0 Å². The Hall–Kier alpha value is -4.20. The molecule has 0 radical (unpaired) electrons. The molecule has 3 aromatic rings. The lowest BCUT2D eigenvalue weighted by Crippen LogP contribution is -2.23. The topological polar surface area (TPSA) is 110 Å². The molecular weight excluding hydrogens is 516 g/mol. The Balaban J connectivity index is 1.83. The summed E-state index contributed by atoms with van der Waals surface area (Å²) in [5.74, 6) is -0.517. The normalized spacial score (nSPS) is 15.9. The minimum atomic E-state index is -0.351. The van der Waals surface area contributed by atoms with Crippen molar-refractivity contribution in [3.63, 3.8) is 0 Å². The highest BCUT2D eigenvalue weighted by molar-refractivity contribution is 5.83. The number of esters is 2. The molecular formula is C33H38N4O4. The molecule has 5 rings (SSSR count). The summed E-state index contributed by atoms with van der Waals surface area (Å²) >= 11 is 0. The second-order valence-corrected chi connectivity index (χ2v) is 11.6. The fraction of sp³-hybridized carbons (Fsp3) is 0.394. The molecule has 41 heavy (non-hydrogen) atoms. The van der Waals surface area contributed by atoms with Gasteiger partial charge in [-0.25, -0.2) is 4.98 Å². The highest BCUT2D eigenvalue weighted by atomic mass is 16.5. The van der Waals surface area contributed by atoms with E-state index < -0.39 is 0 Å². The number of H-pyrrole nitrogens is 2. The first-order chi connectivity index (χ1) is 19.5. The standard InChI is InChI=1S/C33H38N4O4/c1-18-12-22-15-27-20(3)23(8-10-31(38)40-6)28(36-27)16-29-24(9-11-32(39)41-7)33(4,5)30(37-29)17-26-19(2)13-21(35-26)14-25(18)34-22/h12-17,24,34,36H,8-11H2,1-7H3. The average molecular weight is 555 g/mol. The Morgan fingerprint density at radius 1 is 0.878 bits per heavy atom. The van der Waals surface area contributed by atoms with Crippen LogP contribution in [-0.4, -0.2) is 46.1 Å². The number of allylic oxidation sites excluding steroid dienone is 1. The number of carbonyl (C=O) groups is 2. The van der Waals surface area contributed by atoms with Gasteiger partial charge in [-0.05, 0) is 92.3 Å². The number of aromatic nitrogens is 4. The van der Waals surface area contributed by atoms with Gasteiger partial charge in [0.15, 0.2) is 0 Å². The second kappa shape index (κ2) is 11.0. The Morgan fingerprint density at radius 2 is 1.61 bits per heavy atom. The van der Waals surface area contributed by atoms with Gasteiger partial charge in [-0.3, -0.25) is 14.6 Å². The van der Waals surface area contributed by atoms with E-state index in [1.54, 1.807) is 0 Å². The summed E-state index contributed by atoms with van der Waals surface area (Å²) in [5.41, 5.74) is 11.4. The first-order valence-corrected chi connectivity index (χ1v) is 14.0. The summed E-state index contributed by atoms with van der Waals surface area (Å²) in [4.78, 5) is 41.5. The number of rotatable bonds is 6. The van der Waals surface area contributed by atoms with E-state index in [0.717, 1.165) is 67.1 Å². The van der Waals surface area contributed by atoms with Crippen molar-refractivity contribution in [3.8, 4) is 0 Å². The number of carbonyl (C=O) groups excluding carboxylic acids is 2. The van der Waals surface area contributed by atoms with Gasteiger partial charge < -0.3 is 19.4 Å². The summed E-state index contributed by atoms with van der Waals surface area (Å²) in [5, 5.41) is 0. The SMILES string of the molecule is COC(=O)CCc1c(C)c2cc3cc(C)c(cc4nc(cc5nc(cc1[nH]2)C(CCC(=O)OC)C5(C)C)C(C)=C4)[nH]3. The van der Waals surface area contributed by atoms with Gasteiger partial charge in [0.25, 0.3) is 0 Å². The van der Waals surface area contributed by atoms with Gasteiger partial charge in [-0.1, -0.05) is 13.8 Å². The van der Waals surface area contributed by atoms with Gasteiger partial charge in [-0.2, -0.15) is 0 Å². The number of aryl methyl sites for hydroxylation is 3. The predicted molar refractivity (Wildman–Crippen MR) is 161 cm³/mol. The summed E-state index contributed by atoms with van der Waals surface area (Å²) in [7, 11) is 2.83. The van der Waals surface area contributed by atoms with Crippen molar-refractivity contribution in [2.75, 3.05) is 14.2 Å². The zero-order valence-corrected chi connectivity index (χ0v) is 24.9. The van der Waals surface area contributed by atoms with Crippen molar-refractivity contribution in [1.29, 1.82) is 0 Å². The summed E-state index contributed by atoms with van der Waals surface area (Å²) in [6, 6.07) is 10.5. The Labute approximate surface area is 240 Å². The molecule has 0 saturated carbocycles. The number of ether oxygens (including phenoxy) is 2. The molecule has 0 aliphatic carbocycles. The minimum absolute atomic E-state index is 0.0254. The molecule has 0 fully saturated rings. The van der Waals surface area contributed by atoms with Crippen LogP contribution in [-0.2, 0) is 30.9 Å². The largest absolute Gasteiger partial charge is 0.469 e.